The van der Waals surface area contributed by atoms with Crippen LogP contribution >= 0.6 is 27.7 Å². The fourth-order valence-corrected chi connectivity index (χ4v) is 4.24. The minimum atomic E-state index is 0.462. The molecule has 1 fully saturated rings. The maximum absolute atomic E-state index is 6.02. The van der Waals surface area contributed by atoms with Crippen molar-refractivity contribution in [2.75, 3.05) is 5.73 Å². The lowest BCUT2D eigenvalue weighted by atomic mass is 10.2. The highest BCUT2D eigenvalue weighted by atomic mass is 79.9. The van der Waals surface area contributed by atoms with E-state index >= 15 is 0 Å². The van der Waals surface area contributed by atoms with Crippen molar-refractivity contribution >= 4 is 33.4 Å². The van der Waals surface area contributed by atoms with Crippen LogP contribution in [0.2, 0.25) is 0 Å². The zero-order valence-corrected chi connectivity index (χ0v) is 13.4. The third-order valence-corrected chi connectivity index (χ3v) is 5.34. The molecule has 1 aliphatic carbocycles. The topological polar surface area (TPSA) is 69.6 Å². The monoisotopic (exact) mass is 353 g/mol. The minimum absolute atomic E-state index is 0.462. The Balaban J connectivity index is 1.74. The van der Waals surface area contributed by atoms with Crippen LogP contribution in [-0.2, 0) is 5.75 Å². The van der Waals surface area contributed by atoms with Crippen LogP contribution in [0.5, 0.6) is 0 Å². The van der Waals surface area contributed by atoms with E-state index in [9.17, 15) is 0 Å². The molecule has 1 aromatic carbocycles. The molecule has 0 radical (unpaired) electrons. The summed E-state index contributed by atoms with van der Waals surface area (Å²) in [5.41, 5.74) is 7.91. The van der Waals surface area contributed by atoms with E-state index in [4.69, 9.17) is 5.73 Å². The number of tetrazole rings is 1. The molecule has 2 N–H and O–H groups in total. The highest BCUT2D eigenvalue weighted by Crippen LogP contribution is 2.34. The molecular weight excluding hydrogens is 338 g/mol. The minimum Gasteiger partial charge on any atom is -0.398 e. The number of halogens is 1. The van der Waals surface area contributed by atoms with Crippen LogP contribution in [0.1, 0.15) is 37.3 Å². The van der Waals surface area contributed by atoms with Crippen LogP contribution in [0.15, 0.2) is 27.8 Å². The number of nitrogen functional groups attached to an aromatic ring is 1. The van der Waals surface area contributed by atoms with Gasteiger partial charge in [0, 0.05) is 15.9 Å². The lowest BCUT2D eigenvalue weighted by molar-refractivity contribution is 0.423. The lowest BCUT2D eigenvalue weighted by Crippen LogP contribution is -2.08. The first-order chi connectivity index (χ1) is 9.75. The van der Waals surface area contributed by atoms with Crippen LogP contribution in [-0.4, -0.2) is 20.2 Å². The first-order valence-electron chi connectivity index (χ1n) is 6.69. The largest absolute Gasteiger partial charge is 0.398 e. The highest BCUT2D eigenvalue weighted by molar-refractivity contribution is 9.10. The summed E-state index contributed by atoms with van der Waals surface area (Å²) in [6.07, 6.45) is 4.89. The van der Waals surface area contributed by atoms with E-state index in [2.05, 4.69) is 31.5 Å². The quantitative estimate of drug-likeness (QED) is 0.673. The number of hydrogen-bond donors (Lipinski definition) is 1. The van der Waals surface area contributed by atoms with Gasteiger partial charge in [0.25, 0.3) is 0 Å². The van der Waals surface area contributed by atoms with Gasteiger partial charge in [-0.3, -0.25) is 0 Å². The number of nitrogens with two attached hydrogens (primary N) is 1. The molecule has 0 aliphatic heterocycles. The Hall–Kier alpha value is -1.08. The molecule has 2 aromatic rings. The molecule has 0 bridgehead atoms. The molecule has 0 unspecified atom stereocenters. The molecular formula is C13H16BrN5S. The van der Waals surface area contributed by atoms with Gasteiger partial charge in [0.15, 0.2) is 0 Å². The van der Waals surface area contributed by atoms with E-state index in [0.29, 0.717) is 6.04 Å². The van der Waals surface area contributed by atoms with Gasteiger partial charge in [-0.1, -0.05) is 46.6 Å². The van der Waals surface area contributed by atoms with E-state index < -0.39 is 0 Å². The number of nitrogens with zero attached hydrogens (tertiary/aromatic N) is 4. The first-order valence-corrected chi connectivity index (χ1v) is 8.47. The number of benzene rings is 1. The summed E-state index contributed by atoms with van der Waals surface area (Å²) in [5, 5.41) is 13.0. The Morgan fingerprint density at radius 2 is 2.15 bits per heavy atom. The highest BCUT2D eigenvalue weighted by Gasteiger charge is 2.21. The fourth-order valence-electron chi connectivity index (χ4n) is 2.52. The molecule has 3 rings (SSSR count). The lowest BCUT2D eigenvalue weighted by Gasteiger charge is -2.11. The molecule has 0 saturated heterocycles. The summed E-state index contributed by atoms with van der Waals surface area (Å²) in [7, 11) is 0. The summed E-state index contributed by atoms with van der Waals surface area (Å²) in [4.78, 5) is 0. The number of thioether (sulfide) groups is 1. The molecule has 0 spiro atoms. The molecule has 20 heavy (non-hydrogen) atoms. The third-order valence-electron chi connectivity index (χ3n) is 3.63. The molecule has 1 aromatic heterocycles. The standard InChI is InChI=1S/C13H16BrN5S/c14-11-6-3-7-12(15)10(11)8-20-13-16-17-18-19(13)9-4-1-2-5-9/h3,6-7,9H,1-2,4-5,8,15H2. The Labute approximate surface area is 130 Å². The van der Waals surface area contributed by atoms with Crippen molar-refractivity contribution in [3.8, 4) is 0 Å². The summed E-state index contributed by atoms with van der Waals surface area (Å²) < 4.78 is 3.01. The molecule has 5 nitrogen and oxygen atoms in total. The number of aromatic nitrogens is 4. The zero-order chi connectivity index (χ0) is 13.9. The Bertz CT molecular complexity index is 574. The predicted molar refractivity (Wildman–Crippen MR) is 83.4 cm³/mol. The van der Waals surface area contributed by atoms with E-state index in [1.807, 2.05) is 22.9 Å². The molecule has 1 aliphatic rings. The van der Waals surface area contributed by atoms with E-state index in [-0.39, 0.29) is 0 Å². The van der Waals surface area contributed by atoms with Crippen LogP contribution in [0.3, 0.4) is 0 Å². The van der Waals surface area contributed by atoms with Crippen molar-refractivity contribution in [1.82, 2.24) is 20.2 Å². The van der Waals surface area contributed by atoms with Crippen molar-refractivity contribution in [3.63, 3.8) is 0 Å². The summed E-state index contributed by atoms with van der Waals surface area (Å²) in [5.74, 6) is 0.764. The van der Waals surface area contributed by atoms with Crippen LogP contribution in [0.25, 0.3) is 0 Å². The number of anilines is 1. The van der Waals surface area contributed by atoms with Crippen molar-refractivity contribution < 1.29 is 0 Å². The third kappa shape index (κ3) is 2.83. The summed E-state index contributed by atoms with van der Waals surface area (Å²) >= 11 is 5.18. The molecule has 1 saturated carbocycles. The van der Waals surface area contributed by atoms with Gasteiger partial charge in [-0.25, -0.2) is 4.68 Å². The molecule has 0 atom stereocenters. The smallest absolute Gasteiger partial charge is 0.209 e. The maximum atomic E-state index is 6.02. The van der Waals surface area contributed by atoms with Gasteiger partial charge in [-0.05, 0) is 41.0 Å². The normalized spacial score (nSPS) is 15.8. The second-order valence-electron chi connectivity index (χ2n) is 4.94. The number of hydrogen-bond acceptors (Lipinski definition) is 5. The fraction of sp³-hybridized carbons (Fsp3) is 0.462. The first kappa shape index (κ1) is 13.9. The van der Waals surface area contributed by atoms with Crippen LogP contribution < -0.4 is 5.73 Å². The average molecular weight is 354 g/mol. The Morgan fingerprint density at radius 3 is 2.90 bits per heavy atom. The average Bonchev–Trinajstić information content (AvgIpc) is 3.08. The summed E-state index contributed by atoms with van der Waals surface area (Å²) in [6, 6.07) is 6.33. The molecule has 7 heteroatoms. The number of rotatable bonds is 4. The second kappa shape index (κ2) is 6.13. The Kier molecular flexibility index (Phi) is 4.26. The van der Waals surface area contributed by atoms with Crippen molar-refractivity contribution in [2.24, 2.45) is 0 Å². The summed E-state index contributed by atoms with van der Waals surface area (Å²) in [6.45, 7) is 0. The van der Waals surface area contributed by atoms with E-state index in [0.717, 1.165) is 26.6 Å². The van der Waals surface area contributed by atoms with Gasteiger partial charge in [-0.15, -0.1) is 5.10 Å². The Morgan fingerprint density at radius 1 is 1.35 bits per heavy atom. The van der Waals surface area contributed by atoms with E-state index in [1.165, 1.54) is 25.7 Å². The molecule has 1 heterocycles. The van der Waals surface area contributed by atoms with Gasteiger partial charge in [0.1, 0.15) is 0 Å². The van der Waals surface area contributed by atoms with Crippen molar-refractivity contribution in [1.29, 1.82) is 0 Å². The van der Waals surface area contributed by atoms with Gasteiger partial charge in [0.05, 0.1) is 6.04 Å². The molecule has 106 valence electrons. The van der Waals surface area contributed by atoms with Crippen molar-refractivity contribution in [3.05, 3.63) is 28.2 Å². The van der Waals surface area contributed by atoms with Crippen molar-refractivity contribution in [2.45, 2.75) is 42.6 Å². The predicted octanol–water partition coefficient (Wildman–Crippen LogP) is 3.43. The SMILES string of the molecule is Nc1cccc(Br)c1CSc1nnnn1C1CCCC1. The van der Waals surface area contributed by atoms with Crippen LogP contribution in [0.4, 0.5) is 5.69 Å². The van der Waals surface area contributed by atoms with E-state index in [1.54, 1.807) is 11.8 Å². The van der Waals surface area contributed by atoms with Gasteiger partial charge in [0.2, 0.25) is 5.16 Å². The van der Waals surface area contributed by atoms with Gasteiger partial charge in [-0.2, -0.15) is 0 Å². The van der Waals surface area contributed by atoms with Gasteiger partial charge < -0.3 is 5.73 Å². The second-order valence-corrected chi connectivity index (χ2v) is 6.74. The van der Waals surface area contributed by atoms with Gasteiger partial charge >= 0.3 is 0 Å². The zero-order valence-electron chi connectivity index (χ0n) is 11.0. The molecule has 0 amide bonds. The maximum Gasteiger partial charge on any atom is 0.209 e. The van der Waals surface area contributed by atoms with Crippen LogP contribution in [0, 0.1) is 0 Å².